The van der Waals surface area contributed by atoms with E-state index in [1.54, 1.807) is 24.3 Å². The van der Waals surface area contributed by atoms with E-state index in [2.05, 4.69) is 5.32 Å². The molecule has 0 aromatic heterocycles. The zero-order valence-corrected chi connectivity index (χ0v) is 15.2. The molecular weight excluding hydrogens is 316 g/mol. The zero-order valence-electron chi connectivity index (χ0n) is 15.2. The van der Waals surface area contributed by atoms with Crippen LogP contribution in [0.25, 0.3) is 0 Å². The van der Waals surface area contributed by atoms with Gasteiger partial charge in [-0.15, -0.1) is 0 Å². The minimum atomic E-state index is -0.747. The fourth-order valence-corrected chi connectivity index (χ4v) is 2.36. The Bertz CT molecular complexity index is 679. The van der Waals surface area contributed by atoms with E-state index in [1.165, 1.54) is 0 Å². The maximum absolute atomic E-state index is 12.2. The van der Waals surface area contributed by atoms with Gasteiger partial charge in [0.15, 0.2) is 0 Å². The SMILES string of the molecule is CC(C)Oc1ccc(C(=O)NC[C@@H](O)c2ccc(N(C)C)cc2)cc1. The summed E-state index contributed by atoms with van der Waals surface area (Å²) in [5.74, 6) is 0.507. The highest BCUT2D eigenvalue weighted by molar-refractivity contribution is 5.94. The average molecular weight is 342 g/mol. The first-order valence-corrected chi connectivity index (χ1v) is 8.37. The van der Waals surface area contributed by atoms with Gasteiger partial charge in [-0.3, -0.25) is 4.79 Å². The second kappa shape index (κ2) is 8.53. The van der Waals surface area contributed by atoms with Crippen molar-refractivity contribution in [2.24, 2.45) is 0 Å². The molecule has 2 aromatic rings. The lowest BCUT2D eigenvalue weighted by Crippen LogP contribution is -2.28. The van der Waals surface area contributed by atoms with E-state index >= 15 is 0 Å². The summed E-state index contributed by atoms with van der Waals surface area (Å²) >= 11 is 0. The summed E-state index contributed by atoms with van der Waals surface area (Å²) in [5.41, 5.74) is 2.36. The Morgan fingerprint density at radius 2 is 1.68 bits per heavy atom. The quantitative estimate of drug-likeness (QED) is 0.812. The number of ether oxygens (including phenoxy) is 1. The number of hydrogen-bond donors (Lipinski definition) is 2. The standard InChI is InChI=1S/C20H26N2O3/c1-14(2)25-18-11-7-16(8-12-18)20(24)21-13-19(23)15-5-9-17(10-6-15)22(3)4/h5-12,14,19,23H,13H2,1-4H3,(H,21,24)/t19-/m1/s1. The highest BCUT2D eigenvalue weighted by Crippen LogP contribution is 2.18. The van der Waals surface area contributed by atoms with Crippen LogP contribution in [0.2, 0.25) is 0 Å². The van der Waals surface area contributed by atoms with Crippen LogP contribution in [0.3, 0.4) is 0 Å². The lowest BCUT2D eigenvalue weighted by Gasteiger charge is -2.16. The molecule has 0 heterocycles. The van der Waals surface area contributed by atoms with Gasteiger partial charge >= 0.3 is 0 Å². The number of amides is 1. The summed E-state index contributed by atoms with van der Waals surface area (Å²) in [7, 11) is 3.92. The third-order valence-corrected chi connectivity index (χ3v) is 3.74. The van der Waals surface area contributed by atoms with Crippen molar-refractivity contribution in [2.45, 2.75) is 26.1 Å². The molecule has 0 fully saturated rings. The van der Waals surface area contributed by atoms with Gasteiger partial charge in [0, 0.05) is 31.9 Å². The Hall–Kier alpha value is -2.53. The first-order chi connectivity index (χ1) is 11.9. The Labute approximate surface area is 149 Å². The second-order valence-corrected chi connectivity index (χ2v) is 6.40. The first-order valence-electron chi connectivity index (χ1n) is 8.37. The molecule has 0 aliphatic heterocycles. The molecule has 1 atom stereocenters. The Balaban J connectivity index is 1.90. The molecule has 2 N–H and O–H groups in total. The molecule has 2 aromatic carbocycles. The number of carbonyl (C=O) groups excluding carboxylic acids is 1. The number of rotatable bonds is 7. The van der Waals surface area contributed by atoms with Gasteiger partial charge in [-0.25, -0.2) is 0 Å². The highest BCUT2D eigenvalue weighted by atomic mass is 16.5. The zero-order chi connectivity index (χ0) is 18.4. The third kappa shape index (κ3) is 5.50. The van der Waals surface area contributed by atoms with Gasteiger partial charge < -0.3 is 20.1 Å². The Morgan fingerprint density at radius 3 is 2.20 bits per heavy atom. The molecule has 0 bridgehead atoms. The molecule has 1 amide bonds. The van der Waals surface area contributed by atoms with Gasteiger partial charge in [0.25, 0.3) is 5.91 Å². The molecule has 2 rings (SSSR count). The van der Waals surface area contributed by atoms with E-state index in [0.717, 1.165) is 17.0 Å². The molecule has 0 unspecified atom stereocenters. The van der Waals surface area contributed by atoms with Crippen molar-refractivity contribution >= 4 is 11.6 Å². The van der Waals surface area contributed by atoms with Crippen LogP contribution in [0.4, 0.5) is 5.69 Å². The van der Waals surface area contributed by atoms with Crippen molar-refractivity contribution in [3.63, 3.8) is 0 Å². The maximum atomic E-state index is 12.2. The summed E-state index contributed by atoms with van der Waals surface area (Å²) in [6.45, 7) is 4.06. The van der Waals surface area contributed by atoms with Crippen molar-refractivity contribution in [3.8, 4) is 5.75 Å². The van der Waals surface area contributed by atoms with Crippen LogP contribution in [0, 0.1) is 0 Å². The van der Waals surface area contributed by atoms with E-state index in [9.17, 15) is 9.90 Å². The van der Waals surface area contributed by atoms with Crippen molar-refractivity contribution < 1.29 is 14.6 Å². The van der Waals surface area contributed by atoms with Crippen LogP contribution in [0.5, 0.6) is 5.75 Å². The number of nitrogens with one attached hydrogen (secondary N) is 1. The molecule has 5 nitrogen and oxygen atoms in total. The first kappa shape index (κ1) is 18.8. The molecular formula is C20H26N2O3. The number of aliphatic hydroxyl groups excluding tert-OH is 1. The summed E-state index contributed by atoms with van der Waals surface area (Å²) in [4.78, 5) is 14.2. The minimum Gasteiger partial charge on any atom is -0.491 e. The number of hydrogen-bond acceptors (Lipinski definition) is 4. The fourth-order valence-electron chi connectivity index (χ4n) is 2.36. The summed E-state index contributed by atoms with van der Waals surface area (Å²) < 4.78 is 5.56. The van der Waals surface area contributed by atoms with Crippen molar-refractivity contribution in [1.29, 1.82) is 0 Å². The number of carbonyl (C=O) groups is 1. The van der Waals surface area contributed by atoms with Crippen LogP contribution in [0.1, 0.15) is 35.9 Å². The topological polar surface area (TPSA) is 61.8 Å². The monoisotopic (exact) mass is 342 g/mol. The van der Waals surface area contributed by atoms with Gasteiger partial charge in [0.05, 0.1) is 12.2 Å². The number of anilines is 1. The van der Waals surface area contributed by atoms with E-state index in [-0.39, 0.29) is 18.6 Å². The largest absolute Gasteiger partial charge is 0.491 e. The van der Waals surface area contributed by atoms with Crippen LogP contribution >= 0.6 is 0 Å². The van der Waals surface area contributed by atoms with Gasteiger partial charge in [-0.2, -0.15) is 0 Å². The van der Waals surface area contributed by atoms with E-state index in [1.807, 2.05) is 57.1 Å². The molecule has 5 heteroatoms. The predicted octanol–water partition coefficient (Wildman–Crippen LogP) is 3.00. The van der Waals surface area contributed by atoms with Crippen LogP contribution in [0.15, 0.2) is 48.5 Å². The van der Waals surface area contributed by atoms with Crippen molar-refractivity contribution in [3.05, 3.63) is 59.7 Å². The molecule has 134 valence electrons. The summed E-state index contributed by atoms with van der Waals surface area (Å²) in [5, 5.41) is 13.0. The van der Waals surface area contributed by atoms with Gasteiger partial charge in [-0.1, -0.05) is 12.1 Å². The lowest BCUT2D eigenvalue weighted by molar-refractivity contribution is 0.0916. The number of nitrogens with zero attached hydrogens (tertiary/aromatic N) is 1. The summed E-state index contributed by atoms with van der Waals surface area (Å²) in [6, 6.07) is 14.6. The van der Waals surface area contributed by atoms with Gasteiger partial charge in [0.2, 0.25) is 0 Å². The molecule has 0 saturated heterocycles. The highest BCUT2D eigenvalue weighted by Gasteiger charge is 2.11. The van der Waals surface area contributed by atoms with Crippen LogP contribution in [-0.4, -0.2) is 37.8 Å². The normalized spacial score (nSPS) is 11.9. The number of aliphatic hydroxyl groups is 1. The lowest BCUT2D eigenvalue weighted by atomic mass is 10.1. The Kier molecular flexibility index (Phi) is 6.42. The number of benzene rings is 2. The van der Waals surface area contributed by atoms with Crippen LogP contribution < -0.4 is 15.0 Å². The third-order valence-electron chi connectivity index (χ3n) is 3.74. The minimum absolute atomic E-state index is 0.0914. The van der Waals surface area contributed by atoms with E-state index < -0.39 is 6.10 Å². The molecule has 0 saturated carbocycles. The fraction of sp³-hybridized carbons (Fsp3) is 0.350. The smallest absolute Gasteiger partial charge is 0.251 e. The predicted molar refractivity (Wildman–Crippen MR) is 100 cm³/mol. The van der Waals surface area contributed by atoms with E-state index in [4.69, 9.17) is 4.74 Å². The molecule has 0 aliphatic carbocycles. The van der Waals surface area contributed by atoms with Gasteiger partial charge in [0.1, 0.15) is 5.75 Å². The Morgan fingerprint density at radius 1 is 1.08 bits per heavy atom. The molecule has 25 heavy (non-hydrogen) atoms. The van der Waals surface area contributed by atoms with Gasteiger partial charge in [-0.05, 0) is 55.8 Å². The van der Waals surface area contributed by atoms with Crippen molar-refractivity contribution in [2.75, 3.05) is 25.5 Å². The van der Waals surface area contributed by atoms with Crippen LogP contribution in [-0.2, 0) is 0 Å². The maximum Gasteiger partial charge on any atom is 0.251 e. The second-order valence-electron chi connectivity index (χ2n) is 6.40. The van der Waals surface area contributed by atoms with Crippen molar-refractivity contribution in [1.82, 2.24) is 5.32 Å². The average Bonchev–Trinajstić information content (AvgIpc) is 2.59. The molecule has 0 aliphatic rings. The molecule has 0 spiro atoms. The molecule has 0 radical (unpaired) electrons. The van der Waals surface area contributed by atoms with E-state index in [0.29, 0.717) is 5.56 Å². The summed E-state index contributed by atoms with van der Waals surface area (Å²) in [6.07, 6.45) is -0.655.